The molecule has 2 aromatic carbocycles. The number of imidazole rings is 1. The van der Waals surface area contributed by atoms with Gasteiger partial charge in [0.15, 0.2) is 5.03 Å². The van der Waals surface area contributed by atoms with Crippen molar-refractivity contribution in [3.05, 3.63) is 100.0 Å². The maximum Gasteiger partial charge on any atom is 0.260 e. The molecule has 1 N–H and O–H groups in total. The van der Waals surface area contributed by atoms with E-state index in [0.29, 0.717) is 17.7 Å². The molecular formula is C27H31Cl2F2N3O3SSi. The van der Waals surface area contributed by atoms with Crippen molar-refractivity contribution in [2.75, 3.05) is 13.2 Å². The molecule has 0 saturated carbocycles. The molecule has 0 amide bonds. The third-order valence-corrected chi connectivity index (χ3v) is 9.54. The zero-order valence-corrected chi connectivity index (χ0v) is 25.3. The van der Waals surface area contributed by atoms with Gasteiger partial charge in [0.25, 0.3) is 10.0 Å². The summed E-state index contributed by atoms with van der Waals surface area (Å²) in [4.78, 5) is 4.55. The van der Waals surface area contributed by atoms with Crippen molar-refractivity contribution >= 4 is 47.4 Å². The number of nitrogens with one attached hydrogen (secondary N) is 1. The summed E-state index contributed by atoms with van der Waals surface area (Å²) in [7, 11) is -5.50. The molecule has 0 aliphatic rings. The van der Waals surface area contributed by atoms with Crippen molar-refractivity contribution in [2.45, 2.75) is 43.4 Å². The Morgan fingerprint density at radius 3 is 2.10 bits per heavy atom. The molecule has 39 heavy (non-hydrogen) atoms. The first-order valence-electron chi connectivity index (χ1n) is 12.1. The van der Waals surface area contributed by atoms with Crippen LogP contribution in [0.3, 0.4) is 0 Å². The zero-order valence-electron chi connectivity index (χ0n) is 22.0. The number of hydrogen-bond donors (Lipinski definition) is 1. The molecule has 0 bridgehead atoms. The SMILES string of the molecule is C=CCNS(=O)(=O)c1nc(C(c2ccc(F)c(Cl)c2)c2ccc(F)c(Cl)c2)n(COCC[Si](C)(C)C)c1C=C. The Morgan fingerprint density at radius 2 is 1.64 bits per heavy atom. The van der Waals surface area contributed by atoms with Gasteiger partial charge in [-0.1, -0.05) is 67.6 Å². The minimum absolute atomic E-state index is 0.0155. The maximum absolute atomic E-state index is 14.1. The van der Waals surface area contributed by atoms with Crippen LogP contribution in [0.4, 0.5) is 8.78 Å². The van der Waals surface area contributed by atoms with E-state index in [0.717, 1.165) is 6.04 Å². The first kappa shape index (κ1) is 31.2. The lowest BCUT2D eigenvalue weighted by molar-refractivity contribution is 0.0844. The second-order valence-electron chi connectivity index (χ2n) is 10.1. The fourth-order valence-corrected chi connectivity index (χ4v) is 6.15. The van der Waals surface area contributed by atoms with Crippen molar-refractivity contribution in [3.8, 4) is 0 Å². The third-order valence-electron chi connectivity index (χ3n) is 5.90. The topological polar surface area (TPSA) is 73.2 Å². The number of ether oxygens (including phenoxy) is 1. The van der Waals surface area contributed by atoms with E-state index in [9.17, 15) is 17.2 Å². The fourth-order valence-electron chi connectivity index (χ4n) is 3.86. The molecule has 12 heteroatoms. The molecule has 0 unspecified atom stereocenters. The second kappa shape index (κ2) is 12.9. The van der Waals surface area contributed by atoms with Crippen LogP contribution < -0.4 is 4.72 Å². The van der Waals surface area contributed by atoms with Crippen LogP contribution in [0.5, 0.6) is 0 Å². The van der Waals surface area contributed by atoms with Gasteiger partial charge >= 0.3 is 0 Å². The quantitative estimate of drug-likeness (QED) is 0.127. The summed E-state index contributed by atoms with van der Waals surface area (Å²) >= 11 is 12.3. The summed E-state index contributed by atoms with van der Waals surface area (Å²) in [5.74, 6) is -1.83. The van der Waals surface area contributed by atoms with Crippen LogP contribution >= 0.6 is 23.2 Å². The largest absolute Gasteiger partial charge is 0.361 e. The summed E-state index contributed by atoms with van der Waals surface area (Å²) in [5.41, 5.74) is 1.16. The lowest BCUT2D eigenvalue weighted by Crippen LogP contribution is -2.25. The predicted octanol–water partition coefficient (Wildman–Crippen LogP) is 7.07. The molecule has 0 aliphatic heterocycles. The van der Waals surface area contributed by atoms with Gasteiger partial charge in [0.1, 0.15) is 24.2 Å². The number of rotatable bonds is 13. The molecule has 0 spiro atoms. The van der Waals surface area contributed by atoms with Crippen molar-refractivity contribution in [3.63, 3.8) is 0 Å². The van der Waals surface area contributed by atoms with Crippen LogP contribution in [0.1, 0.15) is 28.6 Å². The standard InChI is InChI=1S/C27H31Cl2F2N3O3SSi/c1-6-12-32-38(35,36)27-24(7-2)34(17-37-13-14-39(3,4)5)26(33-27)25(18-8-10-22(30)20(28)15-18)19-9-11-23(31)21(29)16-19/h6-11,15-16,25,32H,1-2,12-14,17H2,3-5H3. The van der Waals surface area contributed by atoms with Gasteiger partial charge in [-0.05, 0) is 47.5 Å². The molecule has 0 aliphatic carbocycles. The zero-order chi connectivity index (χ0) is 29.0. The Labute approximate surface area is 239 Å². The molecule has 0 atom stereocenters. The number of nitrogens with zero attached hydrogens (tertiary/aromatic N) is 2. The first-order valence-corrected chi connectivity index (χ1v) is 18.0. The van der Waals surface area contributed by atoms with E-state index >= 15 is 0 Å². The average molecular weight is 615 g/mol. The van der Waals surface area contributed by atoms with E-state index in [1.165, 1.54) is 48.6 Å². The van der Waals surface area contributed by atoms with Gasteiger partial charge in [0.05, 0.1) is 21.7 Å². The molecular weight excluding hydrogens is 583 g/mol. The van der Waals surface area contributed by atoms with Crippen LogP contribution in [0.2, 0.25) is 35.7 Å². The molecule has 0 fully saturated rings. The molecule has 1 heterocycles. The summed E-state index contributed by atoms with van der Waals surface area (Å²) in [6, 6.07) is 9.13. The molecule has 3 aromatic rings. The highest BCUT2D eigenvalue weighted by Crippen LogP contribution is 2.37. The van der Waals surface area contributed by atoms with Crippen molar-refractivity contribution < 1.29 is 21.9 Å². The molecule has 3 rings (SSSR count). The summed E-state index contributed by atoms with van der Waals surface area (Å²) < 4.78 is 64.7. The van der Waals surface area contributed by atoms with Crippen LogP contribution in [0.25, 0.3) is 6.08 Å². The normalized spacial score (nSPS) is 12.2. The van der Waals surface area contributed by atoms with Crippen LogP contribution in [-0.2, 0) is 21.5 Å². The van der Waals surface area contributed by atoms with Gasteiger partial charge < -0.3 is 9.30 Å². The molecule has 0 saturated heterocycles. The van der Waals surface area contributed by atoms with Crippen LogP contribution in [0, 0.1) is 11.6 Å². The molecule has 1 aromatic heterocycles. The molecule has 210 valence electrons. The second-order valence-corrected chi connectivity index (χ2v) is 18.2. The molecule has 6 nitrogen and oxygen atoms in total. The number of sulfonamides is 1. The van der Waals surface area contributed by atoms with E-state index < -0.39 is 35.6 Å². The number of aromatic nitrogens is 2. The van der Waals surface area contributed by atoms with Gasteiger partial charge in [-0.2, -0.15) is 0 Å². The van der Waals surface area contributed by atoms with E-state index in [-0.39, 0.29) is 39.9 Å². The average Bonchev–Trinajstić information content (AvgIpc) is 3.23. The van der Waals surface area contributed by atoms with Crippen LogP contribution in [0.15, 0.2) is 60.7 Å². The fraction of sp³-hybridized carbons (Fsp3) is 0.296. The number of benzene rings is 2. The van der Waals surface area contributed by atoms with E-state index in [2.05, 4.69) is 42.5 Å². The monoisotopic (exact) mass is 613 g/mol. The minimum Gasteiger partial charge on any atom is -0.361 e. The lowest BCUT2D eigenvalue weighted by atomic mass is 9.90. The third kappa shape index (κ3) is 7.65. The van der Waals surface area contributed by atoms with Crippen LogP contribution in [-0.4, -0.2) is 39.2 Å². The highest BCUT2D eigenvalue weighted by molar-refractivity contribution is 7.89. The molecule has 0 radical (unpaired) electrons. The van der Waals surface area contributed by atoms with E-state index in [1.54, 1.807) is 4.57 Å². The van der Waals surface area contributed by atoms with Gasteiger partial charge in [-0.3, -0.25) is 0 Å². The minimum atomic E-state index is -4.09. The van der Waals surface area contributed by atoms with Crippen molar-refractivity contribution in [1.82, 2.24) is 14.3 Å². The number of halogens is 4. The highest BCUT2D eigenvalue weighted by Gasteiger charge is 2.31. The van der Waals surface area contributed by atoms with Gasteiger partial charge in [0, 0.05) is 21.2 Å². The smallest absolute Gasteiger partial charge is 0.260 e. The van der Waals surface area contributed by atoms with Gasteiger partial charge in [-0.15, -0.1) is 6.58 Å². The Kier molecular flexibility index (Phi) is 10.3. The van der Waals surface area contributed by atoms with E-state index in [4.69, 9.17) is 27.9 Å². The Balaban J connectivity index is 2.28. The summed E-state index contributed by atoms with van der Waals surface area (Å²) in [6.45, 7) is 14.4. The van der Waals surface area contributed by atoms with Crippen molar-refractivity contribution in [1.29, 1.82) is 0 Å². The van der Waals surface area contributed by atoms with Gasteiger partial charge in [0.2, 0.25) is 0 Å². The number of hydrogen-bond acceptors (Lipinski definition) is 4. The lowest BCUT2D eigenvalue weighted by Gasteiger charge is -2.21. The van der Waals surface area contributed by atoms with E-state index in [1.807, 2.05) is 0 Å². The first-order chi connectivity index (χ1) is 18.3. The Morgan fingerprint density at radius 1 is 1.08 bits per heavy atom. The van der Waals surface area contributed by atoms with Gasteiger partial charge in [-0.25, -0.2) is 26.9 Å². The highest BCUT2D eigenvalue weighted by atomic mass is 35.5. The summed E-state index contributed by atoms with van der Waals surface area (Å²) in [6.07, 6.45) is 2.79. The summed E-state index contributed by atoms with van der Waals surface area (Å²) in [5, 5.41) is -0.547. The maximum atomic E-state index is 14.1. The van der Waals surface area contributed by atoms with Crippen molar-refractivity contribution in [2.24, 2.45) is 0 Å². The Bertz CT molecular complexity index is 1420. The Hall–Kier alpha value is -2.34. The predicted molar refractivity (Wildman–Crippen MR) is 156 cm³/mol.